The Labute approximate surface area is 154 Å². The second-order valence-corrected chi connectivity index (χ2v) is 5.90. The van der Waals surface area contributed by atoms with Gasteiger partial charge in [-0.05, 0) is 35.9 Å². The first-order chi connectivity index (χ1) is 13.1. The Balaban J connectivity index is 2.04. The minimum atomic E-state index is -4.90. The predicted octanol–water partition coefficient (Wildman–Crippen LogP) is 4.41. The number of nitrogens with zero attached hydrogens (tertiary/aromatic N) is 4. The Bertz CT molecular complexity index is 964. The molecule has 0 saturated heterocycles. The topological polar surface area (TPSA) is 58.9 Å². The van der Waals surface area contributed by atoms with Gasteiger partial charge in [-0.25, -0.2) is 0 Å². The van der Waals surface area contributed by atoms with Crippen LogP contribution >= 0.6 is 0 Å². The van der Waals surface area contributed by atoms with Crippen molar-refractivity contribution in [1.82, 2.24) is 20.0 Å². The number of halogens is 6. The van der Waals surface area contributed by atoms with Gasteiger partial charge in [0.2, 0.25) is 0 Å². The molecule has 0 fully saturated rings. The average molecular weight is 401 g/mol. The zero-order valence-electron chi connectivity index (χ0n) is 14.3. The molecule has 1 aromatic carbocycles. The van der Waals surface area contributed by atoms with E-state index in [9.17, 15) is 26.3 Å². The Morgan fingerprint density at radius 1 is 1.07 bits per heavy atom. The van der Waals surface area contributed by atoms with Crippen LogP contribution in [-0.4, -0.2) is 33.2 Å². The van der Waals surface area contributed by atoms with Crippen molar-refractivity contribution in [3.8, 4) is 11.4 Å². The molecule has 148 valence electrons. The normalized spacial score (nSPS) is 12.8. The monoisotopic (exact) mass is 401 g/mol. The van der Waals surface area contributed by atoms with Gasteiger partial charge in [-0.3, -0.25) is 10.1 Å². The maximum atomic E-state index is 13.0. The van der Waals surface area contributed by atoms with Gasteiger partial charge in [-0.2, -0.15) is 26.3 Å². The van der Waals surface area contributed by atoms with E-state index in [-0.39, 0.29) is 18.2 Å². The van der Waals surface area contributed by atoms with Gasteiger partial charge in [-0.1, -0.05) is 5.21 Å². The maximum Gasteiger partial charge on any atom is 0.416 e. The lowest BCUT2D eigenvalue weighted by molar-refractivity contribution is -0.143. The van der Waals surface area contributed by atoms with Gasteiger partial charge >= 0.3 is 12.4 Å². The molecule has 0 unspecified atom stereocenters. The number of H-pyrrole nitrogens is 1. The third-order valence-electron chi connectivity index (χ3n) is 3.91. The van der Waals surface area contributed by atoms with Gasteiger partial charge in [0.1, 0.15) is 11.4 Å². The quantitative estimate of drug-likeness (QED) is 0.520. The first-order valence-electron chi connectivity index (χ1n) is 7.86. The van der Waals surface area contributed by atoms with Gasteiger partial charge < -0.3 is 4.57 Å². The zero-order valence-corrected chi connectivity index (χ0v) is 14.3. The smallest absolute Gasteiger partial charge is 0.342 e. The molecule has 28 heavy (non-hydrogen) atoms. The SMILES string of the molecule is C/N=C/c1[nH]nnc1-c1cccn1Cc1cc(C(F)(F)F)cc(C(F)(F)F)c1. The number of aromatic nitrogens is 4. The van der Waals surface area contributed by atoms with Crippen LogP contribution in [-0.2, 0) is 18.9 Å². The first kappa shape index (κ1) is 19.6. The van der Waals surface area contributed by atoms with Gasteiger partial charge in [-0.15, -0.1) is 5.10 Å². The first-order valence-corrected chi connectivity index (χ1v) is 7.86. The van der Waals surface area contributed by atoms with E-state index in [1.165, 1.54) is 24.0 Å². The number of nitrogens with one attached hydrogen (secondary N) is 1. The summed E-state index contributed by atoms with van der Waals surface area (Å²) in [6, 6.07) is 4.75. The summed E-state index contributed by atoms with van der Waals surface area (Å²) >= 11 is 0. The minimum absolute atomic E-state index is 0.105. The molecule has 0 amide bonds. The highest BCUT2D eigenvalue weighted by atomic mass is 19.4. The molecule has 0 saturated carbocycles. The molecular weight excluding hydrogens is 388 g/mol. The van der Waals surface area contributed by atoms with E-state index in [4.69, 9.17) is 0 Å². The molecule has 0 aliphatic heterocycles. The van der Waals surface area contributed by atoms with Crippen LogP contribution < -0.4 is 0 Å². The van der Waals surface area contributed by atoms with E-state index in [2.05, 4.69) is 20.4 Å². The van der Waals surface area contributed by atoms with Gasteiger partial charge in [0.15, 0.2) is 0 Å². The number of aromatic amines is 1. The number of hydrogen-bond acceptors (Lipinski definition) is 3. The molecule has 0 bridgehead atoms. The van der Waals surface area contributed by atoms with Crippen molar-refractivity contribution in [1.29, 1.82) is 0 Å². The van der Waals surface area contributed by atoms with Crippen LogP contribution in [0.25, 0.3) is 11.4 Å². The van der Waals surface area contributed by atoms with Crippen molar-refractivity contribution in [3.63, 3.8) is 0 Å². The van der Waals surface area contributed by atoms with Gasteiger partial charge in [0, 0.05) is 26.0 Å². The molecule has 11 heteroatoms. The summed E-state index contributed by atoms with van der Waals surface area (Å²) in [5.74, 6) is 0. The Kier molecular flexibility index (Phi) is 5.01. The van der Waals surface area contributed by atoms with Crippen LogP contribution in [0.1, 0.15) is 22.4 Å². The maximum absolute atomic E-state index is 13.0. The lowest BCUT2D eigenvalue weighted by atomic mass is 10.0. The summed E-state index contributed by atoms with van der Waals surface area (Å²) < 4.78 is 79.8. The summed E-state index contributed by atoms with van der Waals surface area (Å²) in [5, 5.41) is 10.2. The minimum Gasteiger partial charge on any atom is -0.342 e. The molecule has 0 radical (unpaired) electrons. The van der Waals surface area contributed by atoms with Crippen molar-refractivity contribution in [3.05, 3.63) is 58.9 Å². The molecule has 0 spiro atoms. The molecule has 1 N–H and O–H groups in total. The molecule has 2 heterocycles. The van der Waals surface area contributed by atoms with Crippen LogP contribution in [0.3, 0.4) is 0 Å². The lowest BCUT2D eigenvalue weighted by Gasteiger charge is -2.15. The van der Waals surface area contributed by atoms with E-state index in [0.717, 1.165) is 0 Å². The van der Waals surface area contributed by atoms with Crippen LogP contribution in [0.4, 0.5) is 26.3 Å². The molecule has 0 aliphatic carbocycles. The summed E-state index contributed by atoms with van der Waals surface area (Å²) in [6.45, 7) is -0.217. The summed E-state index contributed by atoms with van der Waals surface area (Å²) in [5.41, 5.74) is -1.55. The van der Waals surface area contributed by atoms with Gasteiger partial charge in [0.05, 0.1) is 16.8 Å². The van der Waals surface area contributed by atoms with Crippen molar-refractivity contribution < 1.29 is 26.3 Å². The number of rotatable bonds is 4. The summed E-state index contributed by atoms with van der Waals surface area (Å²) in [6.07, 6.45) is -6.80. The van der Waals surface area contributed by atoms with E-state index >= 15 is 0 Å². The van der Waals surface area contributed by atoms with Crippen molar-refractivity contribution in [2.45, 2.75) is 18.9 Å². The standard InChI is InChI=1S/C17H13F6N5/c1-24-8-13-15(26-27-25-13)14-3-2-4-28(14)9-10-5-11(16(18,19)20)7-12(6-10)17(21,22)23/h2-8H,9H2,1H3,(H,25,26,27)/b24-8+. The fourth-order valence-corrected chi connectivity index (χ4v) is 2.72. The van der Waals surface area contributed by atoms with Crippen molar-refractivity contribution in [2.75, 3.05) is 7.05 Å². The Morgan fingerprint density at radius 2 is 1.71 bits per heavy atom. The van der Waals surface area contributed by atoms with Gasteiger partial charge in [0.25, 0.3) is 0 Å². The molecule has 0 aliphatic rings. The number of aliphatic imine (C=N–C) groups is 1. The average Bonchev–Trinajstić information content (AvgIpc) is 3.22. The summed E-state index contributed by atoms with van der Waals surface area (Å²) in [7, 11) is 1.53. The third kappa shape index (κ3) is 4.07. The number of benzene rings is 1. The molecule has 0 atom stereocenters. The van der Waals surface area contributed by atoms with E-state index < -0.39 is 23.5 Å². The van der Waals surface area contributed by atoms with Crippen LogP contribution in [0.2, 0.25) is 0 Å². The molecule has 3 rings (SSSR count). The molecular formula is C17H13F6N5. The van der Waals surface area contributed by atoms with E-state index in [1.54, 1.807) is 12.1 Å². The highest BCUT2D eigenvalue weighted by Crippen LogP contribution is 2.36. The fraction of sp³-hybridized carbons (Fsp3) is 0.235. The highest BCUT2D eigenvalue weighted by molar-refractivity contribution is 5.85. The summed E-state index contributed by atoms with van der Waals surface area (Å²) in [4.78, 5) is 3.84. The van der Waals surface area contributed by atoms with E-state index in [1.807, 2.05) is 0 Å². The molecule has 2 aromatic heterocycles. The Hall–Kier alpha value is -3.11. The number of hydrogen-bond donors (Lipinski definition) is 1. The van der Waals surface area contributed by atoms with Crippen LogP contribution in [0.15, 0.2) is 41.5 Å². The molecule has 3 aromatic rings. The highest BCUT2D eigenvalue weighted by Gasteiger charge is 2.36. The predicted molar refractivity (Wildman–Crippen MR) is 88.9 cm³/mol. The second kappa shape index (κ2) is 7.13. The Morgan fingerprint density at radius 3 is 2.29 bits per heavy atom. The number of alkyl halides is 6. The third-order valence-corrected chi connectivity index (χ3v) is 3.91. The van der Waals surface area contributed by atoms with Crippen molar-refractivity contribution in [2.24, 2.45) is 4.99 Å². The lowest BCUT2D eigenvalue weighted by Crippen LogP contribution is -2.13. The van der Waals surface area contributed by atoms with Crippen LogP contribution in [0, 0.1) is 0 Å². The largest absolute Gasteiger partial charge is 0.416 e. The van der Waals surface area contributed by atoms with E-state index in [0.29, 0.717) is 29.2 Å². The molecule has 5 nitrogen and oxygen atoms in total. The van der Waals surface area contributed by atoms with Crippen LogP contribution in [0.5, 0.6) is 0 Å². The zero-order chi connectivity index (χ0) is 20.5. The van der Waals surface area contributed by atoms with Crippen molar-refractivity contribution >= 4 is 6.21 Å². The second-order valence-electron chi connectivity index (χ2n) is 5.90. The fourth-order valence-electron chi connectivity index (χ4n) is 2.72.